The first-order valence-corrected chi connectivity index (χ1v) is 11.6. The molecule has 0 aliphatic rings. The van der Waals surface area contributed by atoms with Crippen LogP contribution in [-0.4, -0.2) is 23.0 Å². The summed E-state index contributed by atoms with van der Waals surface area (Å²) in [5, 5.41) is 15.8. The predicted molar refractivity (Wildman–Crippen MR) is 137 cm³/mol. The fraction of sp³-hybridized carbons (Fsp3) is 0.133. The third-order valence-corrected chi connectivity index (χ3v) is 5.88. The Morgan fingerprint density at radius 3 is 1.69 bits per heavy atom. The van der Waals surface area contributed by atoms with Crippen LogP contribution in [0.2, 0.25) is 0 Å². The number of hydrogen-bond acceptors (Lipinski definition) is 3. The van der Waals surface area contributed by atoms with Crippen molar-refractivity contribution in [3.8, 4) is 0 Å². The topological polar surface area (TPSA) is 78.4 Å². The normalized spacial score (nSPS) is 11.7. The van der Waals surface area contributed by atoms with E-state index in [1.165, 1.54) is 11.1 Å². The van der Waals surface area contributed by atoms with E-state index in [0.29, 0.717) is 12.1 Å². The van der Waals surface area contributed by atoms with E-state index in [4.69, 9.17) is 0 Å². The number of nitrogens with one attached hydrogen (secondary N) is 2. The molecule has 0 radical (unpaired) electrons. The van der Waals surface area contributed by atoms with Crippen molar-refractivity contribution in [2.24, 2.45) is 0 Å². The van der Waals surface area contributed by atoms with E-state index in [0.717, 1.165) is 11.1 Å². The Kier molecular flexibility index (Phi) is 8.04. The highest BCUT2D eigenvalue weighted by Crippen LogP contribution is 2.22. The van der Waals surface area contributed by atoms with Gasteiger partial charge in [0, 0.05) is 18.5 Å². The Balaban J connectivity index is 1.40. The van der Waals surface area contributed by atoms with Gasteiger partial charge in [0.2, 0.25) is 0 Å². The van der Waals surface area contributed by atoms with Crippen LogP contribution in [0.3, 0.4) is 0 Å². The van der Waals surface area contributed by atoms with E-state index >= 15 is 0 Å². The van der Waals surface area contributed by atoms with E-state index in [2.05, 4.69) is 34.9 Å². The summed E-state index contributed by atoms with van der Waals surface area (Å²) < 4.78 is 0. The van der Waals surface area contributed by atoms with Crippen molar-refractivity contribution >= 4 is 11.9 Å². The molecule has 0 aliphatic heterocycles. The van der Waals surface area contributed by atoms with Crippen molar-refractivity contribution in [2.75, 3.05) is 0 Å². The van der Waals surface area contributed by atoms with Crippen molar-refractivity contribution in [3.05, 3.63) is 143 Å². The average molecular weight is 465 g/mol. The van der Waals surface area contributed by atoms with Gasteiger partial charge in [-0.05, 0) is 34.4 Å². The molecule has 0 fully saturated rings. The summed E-state index contributed by atoms with van der Waals surface area (Å²) in [7, 11) is 0. The number of carboxylic acids is 1. The van der Waals surface area contributed by atoms with Crippen molar-refractivity contribution in [1.29, 1.82) is 0 Å². The summed E-state index contributed by atoms with van der Waals surface area (Å²) in [6.45, 7) is 0.613. The van der Waals surface area contributed by atoms with Gasteiger partial charge in [-0.3, -0.25) is 4.79 Å². The minimum Gasteiger partial charge on any atom is -0.480 e. The van der Waals surface area contributed by atoms with Crippen LogP contribution in [-0.2, 0) is 17.8 Å². The van der Waals surface area contributed by atoms with Crippen LogP contribution >= 0.6 is 0 Å². The summed E-state index contributed by atoms with van der Waals surface area (Å²) in [6, 6.07) is 36.1. The van der Waals surface area contributed by atoms with Crippen LogP contribution in [0.25, 0.3) is 0 Å². The zero-order valence-corrected chi connectivity index (χ0v) is 19.3. The molecule has 4 rings (SSSR count). The summed E-state index contributed by atoms with van der Waals surface area (Å²) >= 11 is 0. The number of rotatable bonds is 10. The molecule has 0 saturated carbocycles. The third kappa shape index (κ3) is 6.65. The molecule has 35 heavy (non-hydrogen) atoms. The lowest BCUT2D eigenvalue weighted by molar-refractivity contribution is -0.139. The van der Waals surface area contributed by atoms with Gasteiger partial charge < -0.3 is 15.7 Å². The summed E-state index contributed by atoms with van der Waals surface area (Å²) in [6.07, 6.45) is 0.226. The maximum atomic E-state index is 12.7. The lowest BCUT2D eigenvalue weighted by atomic mass is 9.98. The molecule has 4 aromatic carbocycles. The summed E-state index contributed by atoms with van der Waals surface area (Å²) in [5.41, 5.74) is 4.65. The SMILES string of the molecule is O=C(N[C@@H](Cc1ccccc1)C(=O)O)c1ccc(CNC(c2ccccc2)c2ccccc2)cc1. The van der Waals surface area contributed by atoms with Gasteiger partial charge in [0.25, 0.3) is 5.91 Å². The molecule has 5 heteroatoms. The molecule has 5 nitrogen and oxygen atoms in total. The quantitative estimate of drug-likeness (QED) is 0.309. The van der Waals surface area contributed by atoms with Gasteiger partial charge in [-0.1, -0.05) is 103 Å². The lowest BCUT2D eigenvalue weighted by Crippen LogP contribution is -2.42. The van der Waals surface area contributed by atoms with E-state index in [9.17, 15) is 14.7 Å². The minimum absolute atomic E-state index is 0.0367. The number of amides is 1. The molecule has 4 aromatic rings. The van der Waals surface area contributed by atoms with Crippen molar-refractivity contribution < 1.29 is 14.7 Å². The first-order chi connectivity index (χ1) is 17.1. The summed E-state index contributed by atoms with van der Waals surface area (Å²) in [4.78, 5) is 24.4. The fourth-order valence-corrected chi connectivity index (χ4v) is 4.00. The van der Waals surface area contributed by atoms with Gasteiger partial charge in [0.15, 0.2) is 0 Å². The largest absolute Gasteiger partial charge is 0.480 e. The van der Waals surface area contributed by atoms with Gasteiger partial charge in [0.1, 0.15) is 6.04 Å². The second kappa shape index (κ2) is 11.8. The van der Waals surface area contributed by atoms with Crippen molar-refractivity contribution in [1.82, 2.24) is 10.6 Å². The Morgan fingerprint density at radius 1 is 0.657 bits per heavy atom. The van der Waals surface area contributed by atoms with Gasteiger partial charge in [0.05, 0.1) is 6.04 Å². The fourth-order valence-electron chi connectivity index (χ4n) is 4.00. The maximum Gasteiger partial charge on any atom is 0.326 e. The number of carbonyl (C=O) groups is 2. The number of carbonyl (C=O) groups excluding carboxylic acids is 1. The Labute approximate surface area is 205 Å². The molecule has 1 atom stereocenters. The lowest BCUT2D eigenvalue weighted by Gasteiger charge is -2.20. The molecule has 176 valence electrons. The second-order valence-electron chi connectivity index (χ2n) is 8.39. The van der Waals surface area contributed by atoms with Crippen LogP contribution in [0.15, 0.2) is 115 Å². The molecule has 0 aromatic heterocycles. The highest BCUT2D eigenvalue weighted by Gasteiger charge is 2.21. The molecule has 1 amide bonds. The molecular formula is C30H28N2O3. The standard InChI is InChI=1S/C30H28N2O3/c33-29(32-27(30(34)35)20-22-10-4-1-5-11-22)26-18-16-23(17-19-26)21-31-28(24-12-6-2-7-13-24)25-14-8-3-9-15-25/h1-19,27-28,31H,20-21H2,(H,32,33)(H,34,35)/t27-/m0/s1. The minimum atomic E-state index is -1.06. The first-order valence-electron chi connectivity index (χ1n) is 11.6. The third-order valence-electron chi connectivity index (χ3n) is 5.88. The highest BCUT2D eigenvalue weighted by molar-refractivity contribution is 5.96. The number of carboxylic acid groups (broad SMARTS) is 1. The van der Waals surface area contributed by atoms with Gasteiger partial charge >= 0.3 is 5.97 Å². The van der Waals surface area contributed by atoms with Crippen LogP contribution in [0.4, 0.5) is 0 Å². The monoisotopic (exact) mass is 464 g/mol. The molecule has 0 heterocycles. The summed E-state index contributed by atoms with van der Waals surface area (Å²) in [5.74, 6) is -1.46. The Bertz CT molecular complexity index is 1190. The van der Waals surface area contributed by atoms with Crippen LogP contribution in [0, 0.1) is 0 Å². The van der Waals surface area contributed by atoms with Gasteiger partial charge in [-0.15, -0.1) is 0 Å². The van der Waals surface area contributed by atoms with Crippen LogP contribution in [0.1, 0.15) is 38.7 Å². The highest BCUT2D eigenvalue weighted by atomic mass is 16.4. The van der Waals surface area contributed by atoms with E-state index in [-0.39, 0.29) is 12.5 Å². The molecule has 3 N–H and O–H groups in total. The maximum absolute atomic E-state index is 12.7. The van der Waals surface area contributed by atoms with E-state index in [1.54, 1.807) is 12.1 Å². The molecule has 0 spiro atoms. The first kappa shape index (κ1) is 23.9. The molecule has 0 unspecified atom stereocenters. The Hall–Kier alpha value is -4.22. The van der Waals surface area contributed by atoms with Crippen molar-refractivity contribution in [2.45, 2.75) is 25.0 Å². The number of aliphatic carboxylic acids is 1. The van der Waals surface area contributed by atoms with E-state index < -0.39 is 17.9 Å². The zero-order valence-electron chi connectivity index (χ0n) is 19.3. The molecule has 0 saturated heterocycles. The van der Waals surface area contributed by atoms with Crippen LogP contribution in [0.5, 0.6) is 0 Å². The molecule has 0 bridgehead atoms. The van der Waals surface area contributed by atoms with Crippen LogP contribution < -0.4 is 10.6 Å². The predicted octanol–water partition coefficient (Wildman–Crippen LogP) is 4.99. The smallest absolute Gasteiger partial charge is 0.326 e. The Morgan fingerprint density at radius 2 is 1.17 bits per heavy atom. The van der Waals surface area contributed by atoms with Gasteiger partial charge in [-0.2, -0.15) is 0 Å². The second-order valence-corrected chi connectivity index (χ2v) is 8.39. The average Bonchev–Trinajstić information content (AvgIpc) is 2.90. The number of hydrogen-bond donors (Lipinski definition) is 3. The van der Waals surface area contributed by atoms with Gasteiger partial charge in [-0.25, -0.2) is 4.79 Å². The molecule has 0 aliphatic carbocycles. The van der Waals surface area contributed by atoms with Crippen molar-refractivity contribution in [3.63, 3.8) is 0 Å². The number of benzene rings is 4. The zero-order chi connectivity index (χ0) is 24.5. The molecular weight excluding hydrogens is 436 g/mol. The van der Waals surface area contributed by atoms with E-state index in [1.807, 2.05) is 78.9 Å².